The average molecular weight is 119 g/mol. The Morgan fingerprint density at radius 2 is 1.88 bits per heavy atom. The molecule has 0 heterocycles. The maximum absolute atomic E-state index is 8.65. The van der Waals surface area contributed by atoms with Crippen molar-refractivity contribution in [3.8, 4) is 0 Å². The van der Waals surface area contributed by atoms with Gasteiger partial charge in [-0.15, -0.1) is 0 Å². The van der Waals surface area contributed by atoms with E-state index < -0.39 is 5.85 Å². The maximum atomic E-state index is 8.65. The fraction of sp³-hybridized carbons (Fsp3) is 1.00. The van der Waals surface area contributed by atoms with Gasteiger partial charge in [-0.2, -0.15) is 0 Å². The highest BCUT2D eigenvalue weighted by Gasteiger charge is 2.10. The smallest absolute Gasteiger partial charge is 0.166 e. The first kappa shape index (κ1) is 7.84. The number of aliphatic hydroxyl groups is 1. The predicted molar refractivity (Wildman–Crippen MR) is 31.6 cm³/mol. The van der Waals surface area contributed by atoms with Crippen LogP contribution in [0.3, 0.4) is 0 Å². The first-order valence-electron chi connectivity index (χ1n) is 2.56. The number of hydrogen-bond acceptors (Lipinski definition) is 4. The van der Waals surface area contributed by atoms with Crippen molar-refractivity contribution in [2.24, 2.45) is 17.2 Å². The molecule has 0 aromatic carbocycles. The quantitative estimate of drug-likeness (QED) is 0.332. The van der Waals surface area contributed by atoms with Crippen molar-refractivity contribution in [1.82, 2.24) is 0 Å². The van der Waals surface area contributed by atoms with Crippen LogP contribution in [0, 0.1) is 0 Å². The molecule has 8 heavy (non-hydrogen) atoms. The van der Waals surface area contributed by atoms with E-state index in [2.05, 4.69) is 0 Å². The summed E-state index contributed by atoms with van der Waals surface area (Å²) in [6.45, 7) is 0.511. The van der Waals surface area contributed by atoms with E-state index in [1.165, 1.54) is 0 Å². The van der Waals surface area contributed by atoms with Crippen LogP contribution in [-0.4, -0.2) is 17.5 Å². The van der Waals surface area contributed by atoms with E-state index in [4.69, 9.17) is 22.3 Å². The summed E-state index contributed by atoms with van der Waals surface area (Å²) < 4.78 is 0. The molecule has 0 saturated carbocycles. The van der Waals surface area contributed by atoms with Crippen LogP contribution in [0.1, 0.15) is 12.8 Å². The Balaban J connectivity index is 3.11. The summed E-state index contributed by atoms with van der Waals surface area (Å²) in [6, 6.07) is 0. The minimum absolute atomic E-state index is 0.351. The molecule has 0 atom stereocenters. The zero-order valence-electron chi connectivity index (χ0n) is 4.80. The third-order valence-corrected chi connectivity index (χ3v) is 0.781. The summed E-state index contributed by atoms with van der Waals surface area (Å²) in [5.74, 6) is -1.53. The summed E-state index contributed by atoms with van der Waals surface area (Å²) in [7, 11) is 0. The highest BCUT2D eigenvalue weighted by Crippen LogP contribution is 1.94. The van der Waals surface area contributed by atoms with Crippen molar-refractivity contribution in [3.63, 3.8) is 0 Å². The molecule has 4 heteroatoms. The molecule has 7 N–H and O–H groups in total. The Morgan fingerprint density at radius 3 is 2.00 bits per heavy atom. The van der Waals surface area contributed by atoms with Crippen molar-refractivity contribution >= 4 is 0 Å². The standard InChI is InChI=1S/C4H13N3O/c5-3-1-2-4(6,7)8/h8H,1-3,5-7H2. The maximum Gasteiger partial charge on any atom is 0.166 e. The summed E-state index contributed by atoms with van der Waals surface area (Å²) in [4.78, 5) is 0. The van der Waals surface area contributed by atoms with E-state index in [-0.39, 0.29) is 0 Å². The summed E-state index contributed by atoms with van der Waals surface area (Å²) in [5, 5.41) is 8.65. The lowest BCUT2D eigenvalue weighted by atomic mass is 10.2. The zero-order chi connectivity index (χ0) is 6.62. The van der Waals surface area contributed by atoms with E-state index >= 15 is 0 Å². The van der Waals surface area contributed by atoms with E-state index in [0.717, 1.165) is 0 Å². The van der Waals surface area contributed by atoms with Crippen molar-refractivity contribution in [2.45, 2.75) is 18.7 Å². The van der Waals surface area contributed by atoms with Gasteiger partial charge in [0.25, 0.3) is 0 Å². The second-order valence-corrected chi connectivity index (χ2v) is 1.88. The van der Waals surface area contributed by atoms with E-state index in [0.29, 0.717) is 19.4 Å². The van der Waals surface area contributed by atoms with Crippen LogP contribution in [-0.2, 0) is 0 Å². The Hall–Kier alpha value is -0.160. The first-order valence-corrected chi connectivity index (χ1v) is 2.56. The van der Waals surface area contributed by atoms with Gasteiger partial charge in [0.1, 0.15) is 0 Å². The van der Waals surface area contributed by atoms with Gasteiger partial charge in [0.15, 0.2) is 5.85 Å². The van der Waals surface area contributed by atoms with E-state index in [1.807, 2.05) is 0 Å². The molecule has 0 aromatic heterocycles. The molecule has 0 amide bonds. The normalized spacial score (nSPS) is 12.0. The average Bonchev–Trinajstić information content (AvgIpc) is 1.59. The zero-order valence-corrected chi connectivity index (χ0v) is 4.80. The van der Waals surface area contributed by atoms with Crippen LogP contribution >= 0.6 is 0 Å². The molecule has 0 saturated heterocycles. The molecule has 0 spiro atoms. The third kappa shape index (κ3) is 5.84. The van der Waals surface area contributed by atoms with Crippen LogP contribution in [0.4, 0.5) is 0 Å². The lowest BCUT2D eigenvalue weighted by Gasteiger charge is -2.15. The van der Waals surface area contributed by atoms with Gasteiger partial charge in [0, 0.05) is 6.42 Å². The van der Waals surface area contributed by atoms with Gasteiger partial charge in [0.05, 0.1) is 0 Å². The molecule has 0 aliphatic heterocycles. The molecular formula is C4H13N3O. The summed E-state index contributed by atoms with van der Waals surface area (Å²) in [6.07, 6.45) is 1.01. The number of hydrogen-bond donors (Lipinski definition) is 4. The lowest BCUT2D eigenvalue weighted by Crippen LogP contribution is -2.49. The molecule has 0 radical (unpaired) electrons. The molecule has 0 bridgehead atoms. The second kappa shape index (κ2) is 2.99. The van der Waals surface area contributed by atoms with Crippen LogP contribution in [0.15, 0.2) is 0 Å². The summed E-state index contributed by atoms with van der Waals surface area (Å²) >= 11 is 0. The van der Waals surface area contributed by atoms with Gasteiger partial charge in [-0.05, 0) is 13.0 Å². The fourth-order valence-corrected chi connectivity index (χ4v) is 0.385. The van der Waals surface area contributed by atoms with Crippen molar-refractivity contribution < 1.29 is 5.11 Å². The van der Waals surface area contributed by atoms with Crippen LogP contribution in [0.2, 0.25) is 0 Å². The third-order valence-electron chi connectivity index (χ3n) is 0.781. The van der Waals surface area contributed by atoms with Crippen LogP contribution in [0.5, 0.6) is 0 Å². The minimum atomic E-state index is -1.53. The molecular weight excluding hydrogens is 106 g/mol. The highest BCUT2D eigenvalue weighted by atomic mass is 16.3. The molecule has 50 valence electrons. The molecule has 0 unspecified atom stereocenters. The SMILES string of the molecule is NCCCC(N)(N)O. The highest BCUT2D eigenvalue weighted by molar-refractivity contribution is 4.59. The molecule has 0 rings (SSSR count). The van der Waals surface area contributed by atoms with Crippen molar-refractivity contribution in [3.05, 3.63) is 0 Å². The van der Waals surface area contributed by atoms with Gasteiger partial charge < -0.3 is 10.8 Å². The van der Waals surface area contributed by atoms with Gasteiger partial charge in [0.2, 0.25) is 0 Å². The van der Waals surface area contributed by atoms with E-state index in [1.54, 1.807) is 0 Å². The lowest BCUT2D eigenvalue weighted by molar-refractivity contribution is 0.0434. The Labute approximate surface area is 48.6 Å². The topological polar surface area (TPSA) is 98.3 Å². The summed E-state index contributed by atoms with van der Waals surface area (Å²) in [5.41, 5.74) is 15.1. The van der Waals surface area contributed by atoms with Gasteiger partial charge in [-0.1, -0.05) is 0 Å². The largest absolute Gasteiger partial charge is 0.363 e. The minimum Gasteiger partial charge on any atom is -0.363 e. The second-order valence-electron chi connectivity index (χ2n) is 1.88. The van der Waals surface area contributed by atoms with Gasteiger partial charge >= 0.3 is 0 Å². The molecule has 0 fully saturated rings. The number of rotatable bonds is 3. The van der Waals surface area contributed by atoms with Crippen molar-refractivity contribution in [1.29, 1.82) is 0 Å². The number of nitrogens with two attached hydrogens (primary N) is 3. The first-order chi connectivity index (χ1) is 3.56. The van der Waals surface area contributed by atoms with Gasteiger partial charge in [-0.25, -0.2) is 0 Å². The van der Waals surface area contributed by atoms with Crippen LogP contribution in [0.25, 0.3) is 0 Å². The molecule has 0 aromatic rings. The molecule has 0 aliphatic rings. The monoisotopic (exact) mass is 119 g/mol. The molecule has 0 aliphatic carbocycles. The van der Waals surface area contributed by atoms with E-state index in [9.17, 15) is 0 Å². The van der Waals surface area contributed by atoms with Gasteiger partial charge in [-0.3, -0.25) is 11.5 Å². The molecule has 4 nitrogen and oxygen atoms in total. The Morgan fingerprint density at radius 1 is 1.38 bits per heavy atom. The Bertz CT molecular complexity index is 58.8. The van der Waals surface area contributed by atoms with Crippen molar-refractivity contribution in [2.75, 3.05) is 6.54 Å². The fourth-order valence-electron chi connectivity index (χ4n) is 0.385. The Kier molecular flexibility index (Phi) is 2.93. The van der Waals surface area contributed by atoms with Crippen LogP contribution < -0.4 is 17.2 Å². The predicted octanol–water partition coefficient (Wildman–Crippen LogP) is -1.71.